The van der Waals surface area contributed by atoms with Crippen molar-refractivity contribution >= 4 is 5.91 Å². The molecule has 2 N–H and O–H groups in total. The van der Waals surface area contributed by atoms with Gasteiger partial charge >= 0.3 is 0 Å². The van der Waals surface area contributed by atoms with Gasteiger partial charge in [0.05, 0.1) is 5.92 Å². The summed E-state index contributed by atoms with van der Waals surface area (Å²) in [6.45, 7) is 1.94. The highest BCUT2D eigenvalue weighted by molar-refractivity contribution is 5.79. The largest absolute Gasteiger partial charge is 0.342 e. The number of nitrogens with two attached hydrogens (primary N) is 1. The number of carbonyl (C=O) groups excluding carboxylic acids is 1. The second-order valence-electron chi connectivity index (χ2n) is 5.97. The Balaban J connectivity index is 2.00. The normalized spacial score (nSPS) is 19.4. The Hall–Kier alpha value is -1.35. The van der Waals surface area contributed by atoms with E-state index in [1.165, 1.54) is 19.3 Å². The topological polar surface area (TPSA) is 46.3 Å². The van der Waals surface area contributed by atoms with Gasteiger partial charge in [0.25, 0.3) is 0 Å². The van der Waals surface area contributed by atoms with Gasteiger partial charge in [-0.25, -0.2) is 0 Å². The highest BCUT2D eigenvalue weighted by Gasteiger charge is 2.29. The third-order valence-electron chi connectivity index (χ3n) is 4.58. The molecule has 1 aromatic carbocycles. The summed E-state index contributed by atoms with van der Waals surface area (Å²) in [6.07, 6.45) is 6.05. The molecule has 1 aliphatic carbocycles. The molecule has 0 spiro atoms. The molecular weight excluding hydrogens is 248 g/mol. The van der Waals surface area contributed by atoms with Gasteiger partial charge in [-0.05, 0) is 18.4 Å². The predicted octanol–water partition coefficient (Wildman–Crippen LogP) is 3.11. The van der Waals surface area contributed by atoms with Crippen LogP contribution < -0.4 is 5.73 Å². The summed E-state index contributed by atoms with van der Waals surface area (Å²) in [7, 11) is 1.94. The average Bonchev–Trinajstić information content (AvgIpc) is 2.53. The lowest BCUT2D eigenvalue weighted by Crippen LogP contribution is -2.43. The fourth-order valence-corrected chi connectivity index (χ4v) is 3.09. The molecule has 0 aliphatic heterocycles. The molecule has 1 aliphatic rings. The van der Waals surface area contributed by atoms with E-state index in [4.69, 9.17) is 5.73 Å². The Bertz CT molecular complexity index is 426. The zero-order valence-electron chi connectivity index (χ0n) is 12.6. The van der Waals surface area contributed by atoms with Crippen molar-refractivity contribution in [3.05, 3.63) is 35.9 Å². The van der Waals surface area contributed by atoms with Gasteiger partial charge in [-0.1, -0.05) is 56.5 Å². The number of carbonyl (C=O) groups is 1. The van der Waals surface area contributed by atoms with Crippen LogP contribution in [0.3, 0.4) is 0 Å². The first-order valence-electron chi connectivity index (χ1n) is 7.68. The summed E-state index contributed by atoms with van der Waals surface area (Å²) < 4.78 is 0. The minimum absolute atomic E-state index is 0.174. The third kappa shape index (κ3) is 3.40. The zero-order valence-corrected chi connectivity index (χ0v) is 12.6. The van der Waals surface area contributed by atoms with Crippen LogP contribution in [0.1, 0.15) is 50.6 Å². The van der Waals surface area contributed by atoms with E-state index in [2.05, 4.69) is 0 Å². The lowest BCUT2D eigenvalue weighted by Gasteiger charge is -2.34. The molecule has 1 aromatic rings. The molecule has 2 rings (SSSR count). The van der Waals surface area contributed by atoms with Gasteiger partial charge in [-0.3, -0.25) is 4.79 Å². The number of amides is 1. The first-order chi connectivity index (χ1) is 9.61. The number of benzene rings is 1. The molecule has 1 saturated carbocycles. The van der Waals surface area contributed by atoms with Gasteiger partial charge in [0.1, 0.15) is 0 Å². The average molecular weight is 274 g/mol. The molecule has 3 heteroatoms. The summed E-state index contributed by atoms with van der Waals surface area (Å²) in [5, 5.41) is 0. The van der Waals surface area contributed by atoms with Crippen LogP contribution in [-0.4, -0.2) is 23.9 Å². The quantitative estimate of drug-likeness (QED) is 0.917. The van der Waals surface area contributed by atoms with Crippen LogP contribution in [0.5, 0.6) is 0 Å². The van der Waals surface area contributed by atoms with Crippen LogP contribution in [0.2, 0.25) is 0 Å². The highest BCUT2D eigenvalue weighted by atomic mass is 16.2. The lowest BCUT2D eigenvalue weighted by atomic mass is 9.91. The molecule has 2 atom stereocenters. The maximum absolute atomic E-state index is 12.6. The van der Waals surface area contributed by atoms with Crippen molar-refractivity contribution in [2.45, 2.75) is 51.1 Å². The van der Waals surface area contributed by atoms with Crippen molar-refractivity contribution in [1.29, 1.82) is 0 Å². The van der Waals surface area contributed by atoms with Crippen LogP contribution in [0.15, 0.2) is 30.3 Å². The van der Waals surface area contributed by atoms with Crippen molar-refractivity contribution in [3.63, 3.8) is 0 Å². The SMILES string of the molecule is CC(C(=O)N(C)C1CCCCC1)C(N)c1ccccc1. The fraction of sp³-hybridized carbons (Fsp3) is 0.588. The van der Waals surface area contributed by atoms with Gasteiger partial charge in [0.15, 0.2) is 0 Å². The van der Waals surface area contributed by atoms with Gasteiger partial charge < -0.3 is 10.6 Å². The summed E-state index contributed by atoms with van der Waals surface area (Å²) in [4.78, 5) is 14.5. The first kappa shape index (κ1) is 15.0. The second kappa shape index (κ2) is 6.89. The van der Waals surface area contributed by atoms with Crippen molar-refractivity contribution < 1.29 is 4.79 Å². The zero-order chi connectivity index (χ0) is 14.5. The van der Waals surface area contributed by atoms with Crippen LogP contribution in [0, 0.1) is 5.92 Å². The van der Waals surface area contributed by atoms with Gasteiger partial charge in [-0.15, -0.1) is 0 Å². The van der Waals surface area contributed by atoms with Crippen LogP contribution in [0.25, 0.3) is 0 Å². The first-order valence-corrected chi connectivity index (χ1v) is 7.68. The van der Waals surface area contributed by atoms with Crippen LogP contribution >= 0.6 is 0 Å². The van der Waals surface area contributed by atoms with E-state index >= 15 is 0 Å². The molecule has 0 heterocycles. The van der Waals surface area contributed by atoms with Crippen LogP contribution in [0.4, 0.5) is 0 Å². The van der Waals surface area contributed by atoms with E-state index in [0.717, 1.165) is 18.4 Å². The minimum atomic E-state index is -0.227. The van der Waals surface area contributed by atoms with Crippen molar-refractivity contribution in [2.24, 2.45) is 11.7 Å². The lowest BCUT2D eigenvalue weighted by molar-refractivity contribution is -0.137. The molecule has 0 saturated heterocycles. The Morgan fingerprint density at radius 3 is 2.40 bits per heavy atom. The second-order valence-corrected chi connectivity index (χ2v) is 5.97. The molecule has 0 bridgehead atoms. The van der Waals surface area contributed by atoms with Gasteiger partial charge in [-0.2, -0.15) is 0 Å². The van der Waals surface area contributed by atoms with E-state index in [9.17, 15) is 4.79 Å². The fourth-order valence-electron chi connectivity index (χ4n) is 3.09. The molecule has 0 aromatic heterocycles. The predicted molar refractivity (Wildman–Crippen MR) is 82.2 cm³/mol. The molecule has 1 amide bonds. The summed E-state index contributed by atoms with van der Waals surface area (Å²) in [6, 6.07) is 10.1. The summed E-state index contributed by atoms with van der Waals surface area (Å²) >= 11 is 0. The highest BCUT2D eigenvalue weighted by Crippen LogP contribution is 2.26. The van der Waals surface area contributed by atoms with Crippen molar-refractivity contribution in [1.82, 2.24) is 4.90 Å². The molecule has 0 radical (unpaired) electrons. The molecule has 20 heavy (non-hydrogen) atoms. The van der Waals surface area contributed by atoms with Crippen LogP contribution in [-0.2, 0) is 4.79 Å². The molecule has 110 valence electrons. The third-order valence-corrected chi connectivity index (χ3v) is 4.58. The molecule has 2 unspecified atom stereocenters. The van der Waals surface area contributed by atoms with Gasteiger partial charge in [0.2, 0.25) is 5.91 Å². The molecular formula is C17H26N2O. The number of hydrogen-bond acceptors (Lipinski definition) is 2. The summed E-state index contributed by atoms with van der Waals surface area (Å²) in [5.74, 6) is -0.00224. The van der Waals surface area contributed by atoms with E-state index < -0.39 is 0 Å². The van der Waals surface area contributed by atoms with Crippen molar-refractivity contribution in [2.75, 3.05) is 7.05 Å². The number of nitrogens with zero attached hydrogens (tertiary/aromatic N) is 1. The van der Waals surface area contributed by atoms with Crippen molar-refractivity contribution in [3.8, 4) is 0 Å². The number of hydrogen-bond donors (Lipinski definition) is 1. The standard InChI is InChI=1S/C17H26N2O/c1-13(16(18)14-9-5-3-6-10-14)17(20)19(2)15-11-7-4-8-12-15/h3,5-6,9-10,13,15-16H,4,7-8,11-12,18H2,1-2H3. The Kier molecular flexibility index (Phi) is 5.18. The maximum Gasteiger partial charge on any atom is 0.227 e. The van der Waals surface area contributed by atoms with E-state index in [0.29, 0.717) is 6.04 Å². The molecule has 1 fully saturated rings. The minimum Gasteiger partial charge on any atom is -0.342 e. The Morgan fingerprint density at radius 2 is 1.80 bits per heavy atom. The Morgan fingerprint density at radius 1 is 1.20 bits per heavy atom. The maximum atomic E-state index is 12.6. The summed E-state index contributed by atoms with van der Waals surface area (Å²) in [5.41, 5.74) is 7.29. The van der Waals surface area contributed by atoms with E-state index in [1.54, 1.807) is 0 Å². The van der Waals surface area contributed by atoms with Gasteiger partial charge in [0, 0.05) is 19.1 Å². The van der Waals surface area contributed by atoms with E-state index in [1.807, 2.05) is 49.2 Å². The smallest absolute Gasteiger partial charge is 0.227 e. The van der Waals surface area contributed by atoms with E-state index in [-0.39, 0.29) is 17.9 Å². The molecule has 3 nitrogen and oxygen atoms in total. The monoisotopic (exact) mass is 274 g/mol. The Labute approximate surface area is 122 Å². The number of rotatable bonds is 4.